The number of carbonyl (C=O) groups excluding carboxylic acids is 1. The molecule has 1 amide bonds. The van der Waals surface area contributed by atoms with Crippen LogP contribution in [0.2, 0.25) is 0 Å². The third-order valence-corrected chi connectivity index (χ3v) is 3.34. The van der Waals surface area contributed by atoms with E-state index >= 15 is 0 Å². The SMILES string of the molecule is O=C(N/N=C\c1ccc(I)o1)c1ccccc1Br. The first-order chi connectivity index (χ1) is 8.66. The van der Waals surface area contributed by atoms with Gasteiger partial charge in [0.1, 0.15) is 5.76 Å². The molecule has 6 heteroatoms. The molecule has 2 aromatic rings. The second-order valence-corrected chi connectivity index (χ2v) is 5.24. The zero-order chi connectivity index (χ0) is 13.0. The van der Waals surface area contributed by atoms with Gasteiger partial charge in [-0.05, 0) is 62.8 Å². The van der Waals surface area contributed by atoms with Crippen molar-refractivity contribution in [2.24, 2.45) is 5.10 Å². The first-order valence-electron chi connectivity index (χ1n) is 5.00. The number of hydrogen-bond donors (Lipinski definition) is 1. The van der Waals surface area contributed by atoms with Crippen LogP contribution in [0, 0.1) is 3.77 Å². The minimum atomic E-state index is -0.278. The highest BCUT2D eigenvalue weighted by molar-refractivity contribution is 14.1. The highest BCUT2D eigenvalue weighted by Gasteiger charge is 2.07. The highest BCUT2D eigenvalue weighted by Crippen LogP contribution is 2.15. The summed E-state index contributed by atoms with van der Waals surface area (Å²) in [5, 5.41) is 3.83. The number of nitrogens with zero attached hydrogens (tertiary/aromatic N) is 1. The quantitative estimate of drug-likeness (QED) is 0.471. The van der Waals surface area contributed by atoms with Crippen molar-refractivity contribution >= 4 is 50.6 Å². The van der Waals surface area contributed by atoms with Crippen LogP contribution in [-0.4, -0.2) is 12.1 Å². The molecule has 0 fully saturated rings. The lowest BCUT2D eigenvalue weighted by Crippen LogP contribution is -2.17. The molecule has 0 saturated carbocycles. The molecule has 1 aromatic carbocycles. The van der Waals surface area contributed by atoms with Crippen LogP contribution in [0.5, 0.6) is 0 Å². The summed E-state index contributed by atoms with van der Waals surface area (Å²) in [5.41, 5.74) is 2.97. The average Bonchev–Trinajstić information content (AvgIpc) is 2.75. The molecule has 18 heavy (non-hydrogen) atoms. The fourth-order valence-electron chi connectivity index (χ4n) is 1.26. The molecule has 0 saturated heterocycles. The monoisotopic (exact) mass is 418 g/mol. The lowest BCUT2D eigenvalue weighted by atomic mass is 10.2. The van der Waals surface area contributed by atoms with Gasteiger partial charge in [-0.3, -0.25) is 4.79 Å². The molecule has 0 radical (unpaired) electrons. The normalized spacial score (nSPS) is 10.8. The summed E-state index contributed by atoms with van der Waals surface area (Å²) >= 11 is 5.36. The van der Waals surface area contributed by atoms with Gasteiger partial charge in [0.05, 0.1) is 11.8 Å². The lowest BCUT2D eigenvalue weighted by molar-refractivity contribution is 0.0954. The number of benzene rings is 1. The van der Waals surface area contributed by atoms with Crippen LogP contribution in [0.4, 0.5) is 0 Å². The van der Waals surface area contributed by atoms with Crippen molar-refractivity contribution < 1.29 is 9.21 Å². The molecule has 92 valence electrons. The summed E-state index contributed by atoms with van der Waals surface area (Å²) in [6, 6.07) is 10.7. The Balaban J connectivity index is 2.01. The predicted molar refractivity (Wildman–Crippen MR) is 80.6 cm³/mol. The Labute approximate surface area is 126 Å². The van der Waals surface area contributed by atoms with Crippen molar-refractivity contribution in [2.45, 2.75) is 0 Å². The number of hydrazone groups is 1. The van der Waals surface area contributed by atoms with E-state index in [2.05, 4.69) is 49.0 Å². The lowest BCUT2D eigenvalue weighted by Gasteiger charge is -2.01. The smallest absolute Gasteiger partial charge is 0.272 e. The van der Waals surface area contributed by atoms with Crippen molar-refractivity contribution in [3.8, 4) is 0 Å². The Morgan fingerprint density at radius 3 is 2.78 bits per heavy atom. The zero-order valence-corrected chi connectivity index (χ0v) is 12.8. The van der Waals surface area contributed by atoms with E-state index in [4.69, 9.17) is 4.42 Å². The van der Waals surface area contributed by atoms with Crippen LogP contribution in [0.3, 0.4) is 0 Å². The molecule has 0 spiro atoms. The van der Waals surface area contributed by atoms with E-state index in [1.807, 2.05) is 12.1 Å². The summed E-state index contributed by atoms with van der Waals surface area (Å²) in [7, 11) is 0. The van der Waals surface area contributed by atoms with Gasteiger partial charge in [0, 0.05) is 4.47 Å². The second-order valence-electron chi connectivity index (χ2n) is 3.32. The molecular formula is C12H8BrIN2O2. The molecule has 0 unspecified atom stereocenters. The van der Waals surface area contributed by atoms with Gasteiger partial charge in [0.2, 0.25) is 0 Å². The van der Waals surface area contributed by atoms with E-state index < -0.39 is 0 Å². The number of carbonyl (C=O) groups is 1. The van der Waals surface area contributed by atoms with Gasteiger partial charge >= 0.3 is 0 Å². The maximum absolute atomic E-state index is 11.8. The standard InChI is InChI=1S/C12H8BrIN2O2/c13-10-4-2-1-3-9(10)12(17)16-15-7-8-5-6-11(14)18-8/h1-7H,(H,16,17)/b15-7-. The maximum Gasteiger partial charge on any atom is 0.272 e. The van der Waals surface area contributed by atoms with Crippen LogP contribution < -0.4 is 5.43 Å². The van der Waals surface area contributed by atoms with Crippen molar-refractivity contribution in [3.05, 3.63) is 56.0 Å². The van der Waals surface area contributed by atoms with E-state index in [0.717, 1.165) is 8.24 Å². The summed E-state index contributed by atoms with van der Waals surface area (Å²) in [5.74, 6) is 0.312. The third kappa shape index (κ3) is 3.42. The highest BCUT2D eigenvalue weighted by atomic mass is 127. The van der Waals surface area contributed by atoms with E-state index in [1.165, 1.54) is 6.21 Å². The Hall–Kier alpha value is -1.15. The summed E-state index contributed by atoms with van der Waals surface area (Å²) in [6.45, 7) is 0. The molecular weight excluding hydrogens is 411 g/mol. The maximum atomic E-state index is 11.8. The van der Waals surface area contributed by atoms with Gasteiger partial charge in [0.15, 0.2) is 3.77 Å². The minimum absolute atomic E-state index is 0.278. The van der Waals surface area contributed by atoms with E-state index in [-0.39, 0.29) is 5.91 Å². The molecule has 1 N–H and O–H groups in total. The topological polar surface area (TPSA) is 54.6 Å². The fraction of sp³-hybridized carbons (Fsp3) is 0. The minimum Gasteiger partial charge on any atom is -0.449 e. The third-order valence-electron chi connectivity index (χ3n) is 2.07. The Morgan fingerprint density at radius 1 is 1.33 bits per heavy atom. The van der Waals surface area contributed by atoms with Crippen LogP contribution in [0.1, 0.15) is 16.1 Å². The first kappa shape index (κ1) is 13.3. The number of rotatable bonds is 3. The van der Waals surface area contributed by atoms with E-state index in [1.54, 1.807) is 24.3 Å². The molecule has 1 aromatic heterocycles. The molecule has 4 nitrogen and oxygen atoms in total. The zero-order valence-electron chi connectivity index (χ0n) is 9.06. The molecule has 0 aliphatic heterocycles. The molecule has 2 rings (SSSR count). The molecule has 0 atom stereocenters. The summed E-state index contributed by atoms with van der Waals surface area (Å²) in [4.78, 5) is 11.8. The van der Waals surface area contributed by atoms with Gasteiger partial charge < -0.3 is 4.42 Å². The van der Waals surface area contributed by atoms with Crippen LogP contribution in [0.25, 0.3) is 0 Å². The predicted octanol–water partition coefficient (Wildman–Crippen LogP) is 3.41. The second kappa shape index (κ2) is 6.14. The molecule has 0 bridgehead atoms. The Morgan fingerprint density at radius 2 is 2.11 bits per heavy atom. The van der Waals surface area contributed by atoms with Gasteiger partial charge in [-0.15, -0.1) is 0 Å². The Kier molecular flexibility index (Phi) is 4.54. The van der Waals surface area contributed by atoms with E-state index in [9.17, 15) is 4.79 Å². The molecule has 1 heterocycles. The Bertz CT molecular complexity index is 595. The van der Waals surface area contributed by atoms with Gasteiger partial charge in [-0.2, -0.15) is 5.10 Å². The average molecular weight is 419 g/mol. The van der Waals surface area contributed by atoms with Crippen LogP contribution in [-0.2, 0) is 0 Å². The van der Waals surface area contributed by atoms with Crippen LogP contribution >= 0.6 is 38.5 Å². The summed E-state index contributed by atoms with van der Waals surface area (Å²) in [6.07, 6.45) is 1.46. The number of amides is 1. The van der Waals surface area contributed by atoms with Crippen molar-refractivity contribution in [3.63, 3.8) is 0 Å². The van der Waals surface area contributed by atoms with Gasteiger partial charge in [0.25, 0.3) is 5.91 Å². The van der Waals surface area contributed by atoms with Crippen molar-refractivity contribution in [1.82, 2.24) is 5.43 Å². The number of halogens is 2. The largest absolute Gasteiger partial charge is 0.449 e. The number of hydrogen-bond acceptors (Lipinski definition) is 3. The summed E-state index contributed by atoms with van der Waals surface area (Å²) < 4.78 is 6.77. The van der Waals surface area contributed by atoms with Crippen LogP contribution in [0.15, 0.2) is 50.4 Å². The van der Waals surface area contributed by atoms with E-state index in [0.29, 0.717) is 11.3 Å². The van der Waals surface area contributed by atoms with Crippen molar-refractivity contribution in [2.75, 3.05) is 0 Å². The molecule has 0 aliphatic rings. The number of nitrogens with one attached hydrogen (secondary N) is 1. The number of furan rings is 1. The molecule has 0 aliphatic carbocycles. The first-order valence-corrected chi connectivity index (χ1v) is 6.87. The van der Waals surface area contributed by atoms with Crippen molar-refractivity contribution in [1.29, 1.82) is 0 Å². The fourth-order valence-corrected chi connectivity index (χ4v) is 2.16. The van der Waals surface area contributed by atoms with Gasteiger partial charge in [-0.1, -0.05) is 12.1 Å². The van der Waals surface area contributed by atoms with Gasteiger partial charge in [-0.25, -0.2) is 5.43 Å².